The molecule has 1 aliphatic rings. The molecule has 150 valence electrons. The first-order valence-electron chi connectivity index (χ1n) is 9.70. The molecule has 0 aliphatic carbocycles. The van der Waals surface area contributed by atoms with Crippen molar-refractivity contribution in [2.24, 2.45) is 0 Å². The van der Waals surface area contributed by atoms with Crippen LogP contribution < -0.4 is 21.3 Å². The van der Waals surface area contributed by atoms with Crippen molar-refractivity contribution >= 4 is 5.69 Å². The second kappa shape index (κ2) is 6.95. The van der Waals surface area contributed by atoms with Gasteiger partial charge in [-0.2, -0.15) is 0 Å². The van der Waals surface area contributed by atoms with Gasteiger partial charge in [-0.15, -0.1) is 0 Å². The molecule has 3 aromatic rings. The lowest BCUT2D eigenvalue weighted by molar-refractivity contribution is 0.399. The number of nitrogens with zero attached hydrogens (tertiary/aromatic N) is 1. The van der Waals surface area contributed by atoms with Crippen LogP contribution in [0.15, 0.2) is 52.2 Å². The van der Waals surface area contributed by atoms with Crippen LogP contribution in [0, 0.1) is 0 Å². The molecule has 0 fully saturated rings. The van der Waals surface area contributed by atoms with E-state index in [1.807, 2.05) is 12.1 Å². The molecule has 1 aliphatic heterocycles. The lowest BCUT2D eigenvalue weighted by atomic mass is 9.83. The molecule has 6 nitrogen and oxygen atoms in total. The average molecular weight is 391 g/mol. The number of nitrogens with one attached hydrogen (secondary N) is 2. The number of benzene rings is 2. The summed E-state index contributed by atoms with van der Waals surface area (Å²) in [6.45, 7) is 7.28. The van der Waals surface area contributed by atoms with Gasteiger partial charge < -0.3 is 10.1 Å². The van der Waals surface area contributed by atoms with Crippen molar-refractivity contribution in [1.29, 1.82) is 0 Å². The number of ether oxygens (including phenoxy) is 1. The predicted molar refractivity (Wildman–Crippen MR) is 116 cm³/mol. The molecule has 2 heterocycles. The van der Waals surface area contributed by atoms with Gasteiger partial charge in [-0.05, 0) is 47.2 Å². The van der Waals surface area contributed by atoms with E-state index in [2.05, 4.69) is 49.3 Å². The number of hydrogen-bond acceptors (Lipinski definition) is 4. The smallest absolute Gasteiger partial charge is 0.332 e. The largest absolute Gasteiger partial charge is 0.496 e. The summed E-state index contributed by atoms with van der Waals surface area (Å²) in [5.74, 6) is 0.796. The summed E-state index contributed by atoms with van der Waals surface area (Å²) in [4.78, 5) is 26.3. The van der Waals surface area contributed by atoms with Crippen molar-refractivity contribution in [3.8, 4) is 22.6 Å². The van der Waals surface area contributed by atoms with E-state index < -0.39 is 11.2 Å². The Morgan fingerprint density at radius 2 is 1.86 bits per heavy atom. The van der Waals surface area contributed by atoms with Crippen LogP contribution in [-0.4, -0.2) is 23.2 Å². The first kappa shape index (κ1) is 19.1. The fourth-order valence-corrected chi connectivity index (χ4v) is 3.84. The minimum atomic E-state index is -0.466. The van der Waals surface area contributed by atoms with Crippen molar-refractivity contribution in [1.82, 2.24) is 9.55 Å². The third-order valence-corrected chi connectivity index (χ3v) is 5.31. The molecule has 0 unspecified atom stereocenters. The van der Waals surface area contributed by atoms with Gasteiger partial charge in [-0.1, -0.05) is 26.8 Å². The maximum atomic E-state index is 12.4. The number of anilines is 1. The van der Waals surface area contributed by atoms with Crippen LogP contribution in [0.3, 0.4) is 0 Å². The standard InChI is InChI=1S/C23H25N3O3/c1-23(2,3)18-13-16(26-10-8-20(27)25-22(26)28)12-17(21(18)29-4)14-5-6-19-15(11-14)7-9-24-19/h5-6,8,10-13,24H,7,9H2,1-4H3,(H,25,27,28). The minimum absolute atomic E-state index is 0.208. The number of H-pyrrole nitrogens is 1. The van der Waals surface area contributed by atoms with Crippen molar-refractivity contribution in [3.05, 3.63) is 74.6 Å². The van der Waals surface area contributed by atoms with Crippen molar-refractivity contribution < 1.29 is 4.74 Å². The van der Waals surface area contributed by atoms with E-state index >= 15 is 0 Å². The van der Waals surface area contributed by atoms with Gasteiger partial charge in [0.1, 0.15) is 5.75 Å². The Morgan fingerprint density at radius 3 is 2.55 bits per heavy atom. The quantitative estimate of drug-likeness (QED) is 0.717. The molecule has 29 heavy (non-hydrogen) atoms. The zero-order valence-electron chi connectivity index (χ0n) is 17.1. The number of rotatable bonds is 3. The second-order valence-electron chi connectivity index (χ2n) is 8.35. The Labute approximate surface area is 169 Å². The molecule has 2 N–H and O–H groups in total. The Kier molecular flexibility index (Phi) is 4.57. The SMILES string of the molecule is COc1c(-c2ccc3c(c2)CCN3)cc(-n2ccc(=O)[nH]c2=O)cc1C(C)(C)C. The zero-order chi connectivity index (χ0) is 20.8. The van der Waals surface area contributed by atoms with Crippen LogP contribution in [0.25, 0.3) is 16.8 Å². The Balaban J connectivity index is 2.01. The van der Waals surface area contributed by atoms with E-state index in [9.17, 15) is 9.59 Å². The molecule has 0 atom stereocenters. The van der Waals surface area contributed by atoms with E-state index in [1.165, 1.54) is 22.4 Å². The van der Waals surface area contributed by atoms with Crippen LogP contribution in [0.4, 0.5) is 5.69 Å². The van der Waals surface area contributed by atoms with Crippen LogP contribution in [0.1, 0.15) is 31.9 Å². The molecule has 4 rings (SSSR count). The van der Waals surface area contributed by atoms with Gasteiger partial charge in [-0.25, -0.2) is 4.79 Å². The Morgan fingerprint density at radius 1 is 1.07 bits per heavy atom. The van der Waals surface area contributed by atoms with Gasteiger partial charge in [0.05, 0.1) is 12.8 Å². The highest BCUT2D eigenvalue weighted by atomic mass is 16.5. The molecule has 0 saturated carbocycles. The zero-order valence-corrected chi connectivity index (χ0v) is 17.1. The van der Waals surface area contributed by atoms with Crippen molar-refractivity contribution in [2.45, 2.75) is 32.6 Å². The van der Waals surface area contributed by atoms with E-state index in [4.69, 9.17) is 4.74 Å². The Bertz CT molecular complexity index is 1200. The van der Waals surface area contributed by atoms with E-state index in [0.29, 0.717) is 5.69 Å². The lowest BCUT2D eigenvalue weighted by Crippen LogP contribution is -2.27. The van der Waals surface area contributed by atoms with Gasteiger partial charge in [0.2, 0.25) is 0 Å². The summed E-state index contributed by atoms with van der Waals surface area (Å²) in [5.41, 5.74) is 4.98. The summed E-state index contributed by atoms with van der Waals surface area (Å²) in [7, 11) is 1.68. The molecule has 0 saturated heterocycles. The molecule has 6 heteroatoms. The van der Waals surface area contributed by atoms with Crippen molar-refractivity contribution in [2.75, 3.05) is 19.0 Å². The van der Waals surface area contributed by atoms with Crippen LogP contribution in [-0.2, 0) is 11.8 Å². The summed E-state index contributed by atoms with van der Waals surface area (Å²) in [5, 5.41) is 3.38. The van der Waals surface area contributed by atoms with Crippen LogP contribution in [0.2, 0.25) is 0 Å². The summed E-state index contributed by atoms with van der Waals surface area (Å²) >= 11 is 0. The number of fused-ring (bicyclic) bond motifs is 1. The van der Waals surface area contributed by atoms with Crippen LogP contribution in [0.5, 0.6) is 5.75 Å². The average Bonchev–Trinajstić information content (AvgIpc) is 3.14. The molecular formula is C23H25N3O3. The minimum Gasteiger partial charge on any atom is -0.496 e. The third kappa shape index (κ3) is 3.46. The second-order valence-corrected chi connectivity index (χ2v) is 8.35. The van der Waals surface area contributed by atoms with Gasteiger partial charge >= 0.3 is 5.69 Å². The van der Waals surface area contributed by atoms with Gasteiger partial charge in [0.25, 0.3) is 5.56 Å². The number of methoxy groups -OCH3 is 1. The van der Waals surface area contributed by atoms with E-state index in [-0.39, 0.29) is 5.41 Å². The first-order valence-corrected chi connectivity index (χ1v) is 9.70. The number of hydrogen-bond donors (Lipinski definition) is 2. The lowest BCUT2D eigenvalue weighted by Gasteiger charge is -2.26. The summed E-state index contributed by atoms with van der Waals surface area (Å²) in [6, 6.07) is 11.6. The maximum Gasteiger partial charge on any atom is 0.332 e. The normalized spacial score (nSPS) is 13.1. The highest BCUT2D eigenvalue weighted by molar-refractivity contribution is 5.78. The molecule has 0 spiro atoms. The summed E-state index contributed by atoms with van der Waals surface area (Å²) in [6.07, 6.45) is 2.49. The Hall–Kier alpha value is -3.28. The van der Waals surface area contributed by atoms with E-state index in [0.717, 1.165) is 41.1 Å². The fourth-order valence-electron chi connectivity index (χ4n) is 3.84. The van der Waals surface area contributed by atoms with Gasteiger partial charge in [-0.3, -0.25) is 14.3 Å². The predicted octanol–water partition coefficient (Wildman–Crippen LogP) is 3.47. The van der Waals surface area contributed by atoms with E-state index in [1.54, 1.807) is 7.11 Å². The molecule has 0 bridgehead atoms. The third-order valence-electron chi connectivity index (χ3n) is 5.31. The molecular weight excluding hydrogens is 366 g/mol. The topological polar surface area (TPSA) is 76.1 Å². The number of aromatic amines is 1. The molecule has 2 aromatic carbocycles. The molecule has 0 amide bonds. The highest BCUT2D eigenvalue weighted by Gasteiger charge is 2.24. The van der Waals surface area contributed by atoms with Gasteiger partial charge in [0.15, 0.2) is 0 Å². The first-order chi connectivity index (χ1) is 13.8. The highest BCUT2D eigenvalue weighted by Crippen LogP contribution is 2.42. The summed E-state index contributed by atoms with van der Waals surface area (Å²) < 4.78 is 7.31. The fraction of sp³-hybridized carbons (Fsp3) is 0.304. The number of aromatic nitrogens is 2. The monoisotopic (exact) mass is 391 g/mol. The van der Waals surface area contributed by atoms with Gasteiger partial charge in [0, 0.05) is 35.6 Å². The van der Waals surface area contributed by atoms with Crippen molar-refractivity contribution in [3.63, 3.8) is 0 Å². The molecule has 0 radical (unpaired) electrons. The van der Waals surface area contributed by atoms with Crippen LogP contribution >= 0.6 is 0 Å². The molecule has 1 aromatic heterocycles. The maximum absolute atomic E-state index is 12.4.